The monoisotopic (exact) mass is 216 g/mol. The molecule has 0 rings (SSSR count). The summed E-state index contributed by atoms with van der Waals surface area (Å²) in [5, 5.41) is 17.0. The van der Waals surface area contributed by atoms with E-state index in [1.54, 1.807) is 0 Å². The lowest BCUT2D eigenvalue weighted by Crippen LogP contribution is -2.09. The van der Waals surface area contributed by atoms with E-state index in [2.05, 4.69) is 0 Å². The molecule has 2 unspecified atom stereocenters. The van der Waals surface area contributed by atoms with Crippen molar-refractivity contribution in [2.24, 2.45) is 11.8 Å². The normalized spacial score (nSPS) is 14.5. The summed E-state index contributed by atoms with van der Waals surface area (Å²) in [5.74, 6) is -0.956. The van der Waals surface area contributed by atoms with E-state index in [9.17, 15) is 9.59 Å². The lowest BCUT2D eigenvalue weighted by atomic mass is 9.91. The fraction of sp³-hybridized carbons (Fsp3) is 0.818. The first-order valence-electron chi connectivity index (χ1n) is 5.35. The van der Waals surface area contributed by atoms with Gasteiger partial charge >= 0.3 is 11.9 Å². The summed E-state index contributed by atoms with van der Waals surface area (Å²) in [6.07, 6.45) is 2.79. The number of carboxylic acid groups (broad SMARTS) is 2. The quantitative estimate of drug-likeness (QED) is 0.653. The van der Waals surface area contributed by atoms with Crippen molar-refractivity contribution < 1.29 is 19.8 Å². The molecule has 4 nitrogen and oxygen atoms in total. The highest BCUT2D eigenvalue weighted by molar-refractivity contribution is 5.67. The third-order valence-electron chi connectivity index (χ3n) is 2.42. The highest BCUT2D eigenvalue weighted by Crippen LogP contribution is 2.19. The van der Waals surface area contributed by atoms with E-state index in [1.165, 1.54) is 0 Å². The van der Waals surface area contributed by atoms with Crippen molar-refractivity contribution in [3.8, 4) is 0 Å². The molecule has 0 aromatic carbocycles. The molecule has 0 amide bonds. The van der Waals surface area contributed by atoms with Crippen molar-refractivity contribution in [3.05, 3.63) is 0 Å². The van der Waals surface area contributed by atoms with Crippen LogP contribution in [0.4, 0.5) is 0 Å². The molecule has 15 heavy (non-hydrogen) atoms. The molecule has 0 aliphatic rings. The van der Waals surface area contributed by atoms with Gasteiger partial charge in [-0.25, -0.2) is 0 Å². The largest absolute Gasteiger partial charge is 0.481 e. The summed E-state index contributed by atoms with van der Waals surface area (Å²) in [6, 6.07) is 0. The van der Waals surface area contributed by atoms with Gasteiger partial charge in [-0.3, -0.25) is 9.59 Å². The van der Waals surface area contributed by atoms with E-state index in [-0.39, 0.29) is 18.8 Å². The van der Waals surface area contributed by atoms with Gasteiger partial charge in [-0.05, 0) is 24.7 Å². The molecule has 0 aliphatic carbocycles. The van der Waals surface area contributed by atoms with Crippen LogP contribution in [0.5, 0.6) is 0 Å². The molecule has 88 valence electrons. The Morgan fingerprint density at radius 2 is 1.67 bits per heavy atom. The summed E-state index contributed by atoms with van der Waals surface area (Å²) in [6.45, 7) is 3.96. The van der Waals surface area contributed by atoms with Crippen LogP contribution >= 0.6 is 0 Å². The molecule has 0 spiro atoms. The van der Waals surface area contributed by atoms with Crippen LogP contribution in [0.3, 0.4) is 0 Å². The highest BCUT2D eigenvalue weighted by atomic mass is 16.4. The molecule has 0 saturated heterocycles. The first kappa shape index (κ1) is 13.9. The zero-order chi connectivity index (χ0) is 11.8. The number of hydrogen-bond acceptors (Lipinski definition) is 2. The Morgan fingerprint density at radius 1 is 1.07 bits per heavy atom. The van der Waals surface area contributed by atoms with Gasteiger partial charge in [0.1, 0.15) is 0 Å². The predicted molar refractivity (Wildman–Crippen MR) is 56.7 cm³/mol. The van der Waals surface area contributed by atoms with Gasteiger partial charge in [-0.2, -0.15) is 0 Å². The lowest BCUT2D eigenvalue weighted by molar-refractivity contribution is -0.138. The predicted octanol–water partition coefficient (Wildman–Crippen LogP) is 2.38. The van der Waals surface area contributed by atoms with Gasteiger partial charge in [0.2, 0.25) is 0 Å². The van der Waals surface area contributed by atoms with E-state index >= 15 is 0 Å². The van der Waals surface area contributed by atoms with Crippen molar-refractivity contribution in [2.45, 2.75) is 46.0 Å². The minimum atomic E-state index is -0.764. The summed E-state index contributed by atoms with van der Waals surface area (Å²) < 4.78 is 0. The molecule has 0 fully saturated rings. The summed E-state index contributed by atoms with van der Waals surface area (Å²) in [7, 11) is 0. The maximum absolute atomic E-state index is 10.4. The second-order valence-corrected chi connectivity index (χ2v) is 4.33. The number of hydrogen-bond donors (Lipinski definition) is 2. The van der Waals surface area contributed by atoms with Crippen LogP contribution in [-0.4, -0.2) is 22.2 Å². The minimum absolute atomic E-state index is 0.169. The molecule has 0 bridgehead atoms. The van der Waals surface area contributed by atoms with Crippen LogP contribution in [0.25, 0.3) is 0 Å². The second-order valence-electron chi connectivity index (χ2n) is 4.33. The average Bonchev–Trinajstić information content (AvgIpc) is 2.00. The molecule has 0 radical (unpaired) electrons. The number of carbonyl (C=O) groups is 2. The molecule has 0 saturated carbocycles. The Balaban J connectivity index is 3.59. The summed E-state index contributed by atoms with van der Waals surface area (Å²) in [5.41, 5.74) is 0. The van der Waals surface area contributed by atoms with Gasteiger partial charge in [0.15, 0.2) is 0 Å². The standard InChI is InChI=1S/C11H20O4/c1-8(4-3-5-10(12)13)6-9(2)7-11(14)15/h8-9H,3-7H2,1-2H3,(H,12,13)(H,14,15). The molecule has 0 aromatic rings. The lowest BCUT2D eigenvalue weighted by Gasteiger charge is -2.15. The molecule has 0 heterocycles. The molecule has 4 heteroatoms. The maximum atomic E-state index is 10.4. The third-order valence-corrected chi connectivity index (χ3v) is 2.42. The van der Waals surface area contributed by atoms with Crippen molar-refractivity contribution >= 4 is 11.9 Å². The van der Waals surface area contributed by atoms with Gasteiger partial charge in [0, 0.05) is 12.8 Å². The Kier molecular flexibility index (Phi) is 6.75. The first-order valence-corrected chi connectivity index (χ1v) is 5.35. The van der Waals surface area contributed by atoms with E-state index in [1.807, 2.05) is 13.8 Å². The third kappa shape index (κ3) is 9.25. The number of aliphatic carboxylic acids is 2. The van der Waals surface area contributed by atoms with Gasteiger partial charge in [-0.1, -0.05) is 20.3 Å². The zero-order valence-corrected chi connectivity index (χ0v) is 9.40. The highest BCUT2D eigenvalue weighted by Gasteiger charge is 2.12. The SMILES string of the molecule is CC(CCCC(=O)O)CC(C)CC(=O)O. The smallest absolute Gasteiger partial charge is 0.303 e. The second kappa shape index (κ2) is 7.26. The van der Waals surface area contributed by atoms with Crippen molar-refractivity contribution in [3.63, 3.8) is 0 Å². The minimum Gasteiger partial charge on any atom is -0.481 e. The zero-order valence-electron chi connectivity index (χ0n) is 9.40. The van der Waals surface area contributed by atoms with E-state index in [4.69, 9.17) is 10.2 Å². The van der Waals surface area contributed by atoms with Crippen LogP contribution in [0, 0.1) is 11.8 Å². The molecular formula is C11H20O4. The average molecular weight is 216 g/mol. The fourth-order valence-corrected chi connectivity index (χ4v) is 1.79. The van der Waals surface area contributed by atoms with Crippen LogP contribution in [0.2, 0.25) is 0 Å². The van der Waals surface area contributed by atoms with Crippen LogP contribution in [-0.2, 0) is 9.59 Å². The Hall–Kier alpha value is -1.06. The van der Waals surface area contributed by atoms with E-state index in [0.29, 0.717) is 12.3 Å². The van der Waals surface area contributed by atoms with Crippen LogP contribution in [0.1, 0.15) is 46.0 Å². The Labute approximate surface area is 90.3 Å². The van der Waals surface area contributed by atoms with E-state index in [0.717, 1.165) is 12.8 Å². The number of carboxylic acids is 2. The van der Waals surface area contributed by atoms with E-state index < -0.39 is 11.9 Å². The van der Waals surface area contributed by atoms with Gasteiger partial charge < -0.3 is 10.2 Å². The topological polar surface area (TPSA) is 74.6 Å². The number of rotatable bonds is 8. The van der Waals surface area contributed by atoms with Crippen LogP contribution in [0.15, 0.2) is 0 Å². The molecule has 0 aliphatic heterocycles. The van der Waals surface area contributed by atoms with Crippen molar-refractivity contribution in [1.29, 1.82) is 0 Å². The molecule has 0 aromatic heterocycles. The Morgan fingerprint density at radius 3 is 2.13 bits per heavy atom. The maximum Gasteiger partial charge on any atom is 0.303 e. The van der Waals surface area contributed by atoms with Crippen LogP contribution < -0.4 is 0 Å². The molecule has 2 N–H and O–H groups in total. The summed E-state index contributed by atoms with van der Waals surface area (Å²) >= 11 is 0. The van der Waals surface area contributed by atoms with Gasteiger partial charge in [0.05, 0.1) is 0 Å². The fourth-order valence-electron chi connectivity index (χ4n) is 1.79. The Bertz CT molecular complexity index is 213. The van der Waals surface area contributed by atoms with Gasteiger partial charge in [0.25, 0.3) is 0 Å². The summed E-state index contributed by atoms with van der Waals surface area (Å²) in [4.78, 5) is 20.7. The molecular weight excluding hydrogens is 196 g/mol. The molecule has 2 atom stereocenters. The van der Waals surface area contributed by atoms with Crippen molar-refractivity contribution in [1.82, 2.24) is 0 Å². The van der Waals surface area contributed by atoms with Gasteiger partial charge in [-0.15, -0.1) is 0 Å². The first-order chi connectivity index (χ1) is 6.91. The van der Waals surface area contributed by atoms with Crippen molar-refractivity contribution in [2.75, 3.05) is 0 Å².